The van der Waals surface area contributed by atoms with Crippen molar-refractivity contribution in [3.05, 3.63) is 100 Å². The van der Waals surface area contributed by atoms with Gasteiger partial charge in [-0.15, -0.1) is 11.6 Å². The molecule has 0 aliphatic rings. The van der Waals surface area contributed by atoms with Crippen LogP contribution in [0.25, 0.3) is 22.3 Å². The summed E-state index contributed by atoms with van der Waals surface area (Å²) < 4.78 is 5.91. The third-order valence-electron chi connectivity index (χ3n) is 4.65. The molecule has 0 saturated heterocycles. The minimum atomic E-state index is -0.827. The second-order valence-electron chi connectivity index (χ2n) is 6.81. The van der Waals surface area contributed by atoms with Crippen LogP contribution in [0.4, 0.5) is 5.69 Å². The first-order valence-electron chi connectivity index (χ1n) is 9.16. The summed E-state index contributed by atoms with van der Waals surface area (Å²) in [6, 6.07) is 23.3. The van der Waals surface area contributed by atoms with Crippen LogP contribution in [0.1, 0.15) is 16.5 Å². The molecule has 1 N–H and O–H groups in total. The van der Waals surface area contributed by atoms with E-state index in [4.69, 9.17) is 16.0 Å². The Labute approximate surface area is 172 Å². The topological polar surface area (TPSA) is 59.3 Å². The van der Waals surface area contributed by atoms with Gasteiger partial charge < -0.3 is 9.73 Å². The molecule has 1 amide bonds. The monoisotopic (exact) mass is 403 g/mol. The second-order valence-corrected chi connectivity index (χ2v) is 7.25. The molecule has 4 nitrogen and oxygen atoms in total. The molecule has 1 atom stereocenters. The van der Waals surface area contributed by atoms with Crippen LogP contribution in [0, 0.1) is 6.92 Å². The summed E-state index contributed by atoms with van der Waals surface area (Å²) in [5.74, 6) is 0.141. The third kappa shape index (κ3) is 4.08. The number of aryl methyl sites for hydroxylation is 1. The van der Waals surface area contributed by atoms with E-state index >= 15 is 0 Å². The molecule has 0 fully saturated rings. The normalized spacial score (nSPS) is 11.9. The van der Waals surface area contributed by atoms with Gasteiger partial charge in [-0.05, 0) is 30.7 Å². The number of hydrogen-bond acceptors (Lipinski definition) is 3. The molecule has 3 aromatic carbocycles. The predicted molar refractivity (Wildman–Crippen MR) is 116 cm³/mol. The predicted octanol–water partition coefficient (Wildman–Crippen LogP) is 5.69. The van der Waals surface area contributed by atoms with Crippen molar-refractivity contribution in [2.75, 3.05) is 5.32 Å². The van der Waals surface area contributed by atoms with Crippen molar-refractivity contribution in [1.29, 1.82) is 0 Å². The van der Waals surface area contributed by atoms with Gasteiger partial charge in [0.25, 0.3) is 0 Å². The van der Waals surface area contributed by atoms with Crippen LogP contribution >= 0.6 is 11.6 Å². The summed E-state index contributed by atoms with van der Waals surface area (Å²) in [5.41, 5.74) is 3.43. The average molecular weight is 404 g/mol. The van der Waals surface area contributed by atoms with Gasteiger partial charge in [0.05, 0.1) is 5.39 Å². The van der Waals surface area contributed by atoms with Crippen molar-refractivity contribution in [3.63, 3.8) is 0 Å². The van der Waals surface area contributed by atoms with Crippen molar-refractivity contribution < 1.29 is 9.21 Å². The molecular formula is C24H18ClNO3. The first kappa shape index (κ1) is 19.0. The minimum Gasteiger partial charge on any atom is -0.456 e. The van der Waals surface area contributed by atoms with E-state index in [0.717, 1.165) is 11.1 Å². The van der Waals surface area contributed by atoms with Gasteiger partial charge in [0.2, 0.25) is 5.91 Å². The average Bonchev–Trinajstić information content (AvgIpc) is 2.74. The molecule has 1 unspecified atom stereocenters. The van der Waals surface area contributed by atoms with Crippen LogP contribution in [0.3, 0.4) is 0 Å². The molecule has 4 rings (SSSR count). The Bertz CT molecular complexity index is 1230. The number of fused-ring (bicyclic) bond motifs is 1. The summed E-state index contributed by atoms with van der Waals surface area (Å²) in [7, 11) is 0. The zero-order valence-corrected chi connectivity index (χ0v) is 16.4. The minimum absolute atomic E-state index is 0.177. The molecule has 144 valence electrons. The van der Waals surface area contributed by atoms with Gasteiger partial charge in [-0.25, -0.2) is 0 Å². The van der Waals surface area contributed by atoms with Gasteiger partial charge >= 0.3 is 0 Å². The third-order valence-corrected chi connectivity index (χ3v) is 5.10. The number of rotatable bonds is 4. The largest absolute Gasteiger partial charge is 0.456 e. The van der Waals surface area contributed by atoms with Crippen molar-refractivity contribution in [2.45, 2.75) is 12.3 Å². The highest BCUT2D eigenvalue weighted by Gasteiger charge is 2.18. The summed E-state index contributed by atoms with van der Waals surface area (Å²) in [4.78, 5) is 25.1. The molecule has 4 aromatic rings. The molecule has 29 heavy (non-hydrogen) atoms. The van der Waals surface area contributed by atoms with E-state index in [0.29, 0.717) is 28.0 Å². The number of carbonyl (C=O) groups excluding carboxylic acids is 1. The zero-order chi connectivity index (χ0) is 20.4. The van der Waals surface area contributed by atoms with Gasteiger partial charge in [-0.1, -0.05) is 60.2 Å². The number of alkyl halides is 1. The molecule has 1 heterocycles. The molecule has 0 bridgehead atoms. The molecule has 0 saturated carbocycles. The number of amides is 1. The molecule has 1 aromatic heterocycles. The number of benzene rings is 3. The molecule has 0 aliphatic carbocycles. The highest BCUT2D eigenvalue weighted by atomic mass is 35.5. The van der Waals surface area contributed by atoms with E-state index in [1.165, 1.54) is 6.07 Å². The highest BCUT2D eigenvalue weighted by molar-refractivity contribution is 6.32. The number of anilines is 1. The maximum Gasteiger partial charge on any atom is 0.246 e. The van der Waals surface area contributed by atoms with Crippen molar-refractivity contribution in [3.8, 4) is 11.3 Å². The fourth-order valence-electron chi connectivity index (χ4n) is 3.07. The Kier molecular flexibility index (Phi) is 5.19. The van der Waals surface area contributed by atoms with Crippen LogP contribution in [-0.4, -0.2) is 5.91 Å². The van der Waals surface area contributed by atoms with Crippen LogP contribution < -0.4 is 10.7 Å². The number of nitrogens with one attached hydrogen (secondary N) is 1. The van der Waals surface area contributed by atoms with Crippen molar-refractivity contribution >= 4 is 34.2 Å². The second kappa shape index (κ2) is 7.94. The summed E-state index contributed by atoms with van der Waals surface area (Å²) in [6.07, 6.45) is 0. The Morgan fingerprint density at radius 1 is 0.966 bits per heavy atom. The summed E-state index contributed by atoms with van der Waals surface area (Å²) >= 11 is 6.26. The van der Waals surface area contributed by atoms with Gasteiger partial charge in [-0.2, -0.15) is 0 Å². The van der Waals surface area contributed by atoms with Crippen LogP contribution in [0.2, 0.25) is 0 Å². The molecular weight excluding hydrogens is 386 g/mol. The quantitative estimate of drug-likeness (QED) is 0.445. The van der Waals surface area contributed by atoms with Gasteiger partial charge in [0, 0.05) is 17.3 Å². The van der Waals surface area contributed by atoms with Crippen LogP contribution in [0.15, 0.2) is 88.1 Å². The van der Waals surface area contributed by atoms with E-state index in [1.807, 2.05) is 49.4 Å². The van der Waals surface area contributed by atoms with E-state index < -0.39 is 5.38 Å². The van der Waals surface area contributed by atoms with E-state index in [2.05, 4.69) is 5.32 Å². The zero-order valence-electron chi connectivity index (χ0n) is 15.7. The van der Waals surface area contributed by atoms with Crippen LogP contribution in [0.5, 0.6) is 0 Å². The van der Waals surface area contributed by atoms with Crippen LogP contribution in [-0.2, 0) is 4.79 Å². The fraction of sp³-hybridized carbons (Fsp3) is 0.0833. The maximum absolute atomic E-state index is 12.6. The lowest BCUT2D eigenvalue weighted by atomic mass is 10.1. The lowest BCUT2D eigenvalue weighted by molar-refractivity contribution is -0.116. The smallest absolute Gasteiger partial charge is 0.246 e. The first-order valence-corrected chi connectivity index (χ1v) is 9.60. The van der Waals surface area contributed by atoms with Gasteiger partial charge in [0.15, 0.2) is 5.43 Å². The van der Waals surface area contributed by atoms with E-state index in [1.54, 1.807) is 30.3 Å². The number of carbonyl (C=O) groups is 1. The van der Waals surface area contributed by atoms with E-state index in [9.17, 15) is 9.59 Å². The maximum atomic E-state index is 12.6. The standard InChI is InChI=1S/C24H18ClNO3/c1-15-7-9-16(10-8-15)22-14-20(27)19-13-18(11-12-21(19)29-22)26-24(28)23(25)17-5-3-2-4-6-17/h2-14,23H,1H3,(H,26,28). The SMILES string of the molecule is Cc1ccc(-c2cc(=O)c3cc(NC(=O)C(Cl)c4ccccc4)ccc3o2)cc1. The molecule has 0 aliphatic heterocycles. The first-order chi connectivity index (χ1) is 14.0. The molecule has 0 spiro atoms. The fourth-order valence-corrected chi connectivity index (χ4v) is 3.27. The van der Waals surface area contributed by atoms with Gasteiger partial charge in [0.1, 0.15) is 16.7 Å². The highest BCUT2D eigenvalue weighted by Crippen LogP contribution is 2.26. The van der Waals surface area contributed by atoms with Crippen molar-refractivity contribution in [2.24, 2.45) is 0 Å². The Morgan fingerprint density at radius 2 is 1.69 bits per heavy atom. The summed E-state index contributed by atoms with van der Waals surface area (Å²) in [6.45, 7) is 2.00. The number of halogens is 1. The lowest BCUT2D eigenvalue weighted by Gasteiger charge is -2.11. The van der Waals surface area contributed by atoms with Crippen molar-refractivity contribution in [1.82, 2.24) is 0 Å². The van der Waals surface area contributed by atoms with E-state index in [-0.39, 0.29) is 11.3 Å². The Morgan fingerprint density at radius 3 is 2.41 bits per heavy atom. The molecule has 5 heteroatoms. The Hall–Kier alpha value is -3.37. The number of hydrogen-bond donors (Lipinski definition) is 1. The Balaban J connectivity index is 1.62. The summed E-state index contributed by atoms with van der Waals surface area (Å²) in [5, 5.41) is 2.33. The molecule has 0 radical (unpaired) electrons. The lowest BCUT2D eigenvalue weighted by Crippen LogP contribution is -2.17. The van der Waals surface area contributed by atoms with Gasteiger partial charge in [-0.3, -0.25) is 9.59 Å².